The molecule has 1 rings (SSSR count). The van der Waals surface area contributed by atoms with Crippen molar-refractivity contribution < 1.29 is 9.90 Å². The molecule has 0 aliphatic heterocycles. The first-order valence-electron chi connectivity index (χ1n) is 4.02. The van der Waals surface area contributed by atoms with Crippen LogP contribution in [0.2, 0.25) is 0 Å². The molecule has 0 saturated heterocycles. The minimum absolute atomic E-state index is 0.0648. The number of carbonyl (C=O) groups excluding carboxylic acids is 1. The molecule has 0 aromatic carbocycles. The van der Waals surface area contributed by atoms with Crippen molar-refractivity contribution in [3.05, 3.63) is 0 Å². The Morgan fingerprint density at radius 1 is 1.45 bits per heavy atom. The van der Waals surface area contributed by atoms with E-state index in [0.29, 0.717) is 0 Å². The lowest BCUT2D eigenvalue weighted by Gasteiger charge is -2.18. The number of hydrogen-bond acceptors (Lipinski definition) is 2. The van der Waals surface area contributed by atoms with Crippen LogP contribution in [0.25, 0.3) is 0 Å². The van der Waals surface area contributed by atoms with Gasteiger partial charge in [0.1, 0.15) is 0 Å². The normalized spacial score (nSPS) is 30.5. The molecule has 0 aromatic rings. The molecule has 1 saturated carbocycles. The quantitative estimate of drug-likeness (QED) is 0.592. The molecule has 1 fully saturated rings. The zero-order chi connectivity index (χ0) is 8.43. The molecule has 0 heterocycles. The average Bonchev–Trinajstić information content (AvgIpc) is 2.33. The second kappa shape index (κ2) is 3.22. The van der Waals surface area contributed by atoms with Crippen molar-refractivity contribution in [1.29, 1.82) is 0 Å². The summed E-state index contributed by atoms with van der Waals surface area (Å²) in [5.74, 6) is -0.0694. The van der Waals surface area contributed by atoms with Gasteiger partial charge < -0.3 is 10.0 Å². The first kappa shape index (κ1) is 8.53. The summed E-state index contributed by atoms with van der Waals surface area (Å²) in [5.41, 5.74) is 0. The zero-order valence-corrected chi connectivity index (χ0v) is 7.08. The summed E-state index contributed by atoms with van der Waals surface area (Å²) in [5, 5.41) is 9.36. The van der Waals surface area contributed by atoms with Crippen molar-refractivity contribution in [1.82, 2.24) is 4.90 Å². The Balaban J connectivity index is 2.53. The molecule has 1 aliphatic carbocycles. The maximum atomic E-state index is 11.3. The summed E-state index contributed by atoms with van der Waals surface area (Å²) in [6.07, 6.45) is 2.21. The van der Waals surface area contributed by atoms with Crippen LogP contribution in [-0.4, -0.2) is 36.1 Å². The largest absolute Gasteiger partial charge is 0.392 e. The first-order chi connectivity index (χ1) is 5.13. The van der Waals surface area contributed by atoms with E-state index in [-0.39, 0.29) is 11.8 Å². The van der Waals surface area contributed by atoms with E-state index in [0.717, 1.165) is 19.3 Å². The van der Waals surface area contributed by atoms with Crippen LogP contribution in [0.4, 0.5) is 0 Å². The van der Waals surface area contributed by atoms with Crippen LogP contribution in [0.15, 0.2) is 0 Å². The Bertz CT molecular complexity index is 156. The third kappa shape index (κ3) is 1.71. The molecule has 3 nitrogen and oxygen atoms in total. The maximum absolute atomic E-state index is 11.3. The molecule has 0 aromatic heterocycles. The van der Waals surface area contributed by atoms with Crippen molar-refractivity contribution in [2.45, 2.75) is 25.4 Å². The molecule has 2 unspecified atom stereocenters. The summed E-state index contributed by atoms with van der Waals surface area (Å²) in [6, 6.07) is 0. The third-order valence-corrected chi connectivity index (χ3v) is 2.24. The maximum Gasteiger partial charge on any atom is 0.227 e. The lowest BCUT2D eigenvalue weighted by Crippen LogP contribution is -2.33. The van der Waals surface area contributed by atoms with E-state index >= 15 is 0 Å². The Kier molecular flexibility index (Phi) is 2.49. The Labute approximate surface area is 67.0 Å². The number of hydrogen-bond donors (Lipinski definition) is 1. The van der Waals surface area contributed by atoms with Crippen molar-refractivity contribution in [3.63, 3.8) is 0 Å². The summed E-state index contributed by atoms with van der Waals surface area (Å²) in [6.45, 7) is 0. The number of carbonyl (C=O) groups is 1. The van der Waals surface area contributed by atoms with Crippen molar-refractivity contribution in [2.75, 3.05) is 14.1 Å². The highest BCUT2D eigenvalue weighted by atomic mass is 16.3. The Morgan fingerprint density at radius 3 is 2.45 bits per heavy atom. The number of amides is 1. The fraction of sp³-hybridized carbons (Fsp3) is 0.875. The van der Waals surface area contributed by atoms with Crippen LogP contribution in [0.3, 0.4) is 0 Å². The van der Waals surface area contributed by atoms with Crippen LogP contribution in [0.5, 0.6) is 0 Å². The Morgan fingerprint density at radius 2 is 2.09 bits per heavy atom. The van der Waals surface area contributed by atoms with Gasteiger partial charge in [0.05, 0.1) is 12.0 Å². The lowest BCUT2D eigenvalue weighted by molar-refractivity contribution is -0.135. The standard InChI is InChI=1S/C8H15NO2/c1-9(2)8(11)6-4-3-5-7(6)10/h6-7,10H,3-5H2,1-2H3. The van der Waals surface area contributed by atoms with Crippen molar-refractivity contribution in [3.8, 4) is 0 Å². The molecular formula is C8H15NO2. The molecule has 3 heteroatoms. The number of rotatable bonds is 1. The van der Waals surface area contributed by atoms with E-state index in [4.69, 9.17) is 0 Å². The average molecular weight is 157 g/mol. The van der Waals surface area contributed by atoms with Gasteiger partial charge in [0.15, 0.2) is 0 Å². The van der Waals surface area contributed by atoms with Gasteiger partial charge in [-0.3, -0.25) is 4.79 Å². The third-order valence-electron chi connectivity index (χ3n) is 2.24. The van der Waals surface area contributed by atoms with Crippen LogP contribution in [0, 0.1) is 5.92 Å². The highest BCUT2D eigenvalue weighted by Crippen LogP contribution is 2.26. The summed E-state index contributed by atoms with van der Waals surface area (Å²) in [7, 11) is 3.46. The highest BCUT2D eigenvalue weighted by molar-refractivity contribution is 5.79. The number of aliphatic hydroxyl groups excluding tert-OH is 1. The molecular weight excluding hydrogens is 142 g/mol. The van der Waals surface area contributed by atoms with E-state index < -0.39 is 6.10 Å². The molecule has 11 heavy (non-hydrogen) atoms. The zero-order valence-electron chi connectivity index (χ0n) is 7.08. The molecule has 1 amide bonds. The van der Waals surface area contributed by atoms with Gasteiger partial charge in [0.2, 0.25) is 5.91 Å². The molecule has 0 radical (unpaired) electrons. The smallest absolute Gasteiger partial charge is 0.227 e. The second-order valence-corrected chi connectivity index (χ2v) is 3.34. The minimum Gasteiger partial charge on any atom is -0.392 e. The number of nitrogens with zero attached hydrogens (tertiary/aromatic N) is 1. The number of aliphatic hydroxyl groups is 1. The summed E-state index contributed by atoms with van der Waals surface area (Å²) >= 11 is 0. The van der Waals surface area contributed by atoms with Gasteiger partial charge in [-0.05, 0) is 19.3 Å². The molecule has 1 N–H and O–H groups in total. The second-order valence-electron chi connectivity index (χ2n) is 3.34. The predicted octanol–water partition coefficient (Wildman–Crippen LogP) is 0.236. The fourth-order valence-corrected chi connectivity index (χ4v) is 1.56. The fourth-order valence-electron chi connectivity index (χ4n) is 1.56. The van der Waals surface area contributed by atoms with E-state index in [9.17, 15) is 9.90 Å². The van der Waals surface area contributed by atoms with E-state index in [1.807, 2.05) is 0 Å². The predicted molar refractivity (Wildman–Crippen MR) is 42.0 cm³/mol. The van der Waals surface area contributed by atoms with Gasteiger partial charge in [0, 0.05) is 14.1 Å². The minimum atomic E-state index is -0.398. The van der Waals surface area contributed by atoms with Crippen molar-refractivity contribution >= 4 is 5.91 Å². The molecule has 64 valence electrons. The van der Waals surface area contributed by atoms with Crippen LogP contribution < -0.4 is 0 Å². The highest BCUT2D eigenvalue weighted by Gasteiger charge is 2.32. The summed E-state index contributed by atoms with van der Waals surface area (Å²) in [4.78, 5) is 12.9. The van der Waals surface area contributed by atoms with Gasteiger partial charge >= 0.3 is 0 Å². The van der Waals surface area contributed by atoms with Crippen LogP contribution in [-0.2, 0) is 4.79 Å². The van der Waals surface area contributed by atoms with Gasteiger partial charge in [0.25, 0.3) is 0 Å². The molecule has 1 aliphatic rings. The molecule has 0 spiro atoms. The molecule has 0 bridgehead atoms. The topological polar surface area (TPSA) is 40.5 Å². The Hall–Kier alpha value is -0.570. The van der Waals surface area contributed by atoms with Gasteiger partial charge in [-0.15, -0.1) is 0 Å². The van der Waals surface area contributed by atoms with Gasteiger partial charge in [-0.2, -0.15) is 0 Å². The first-order valence-corrected chi connectivity index (χ1v) is 4.02. The van der Waals surface area contributed by atoms with E-state index in [1.54, 1.807) is 19.0 Å². The lowest BCUT2D eigenvalue weighted by atomic mass is 10.1. The van der Waals surface area contributed by atoms with Crippen LogP contribution in [0.1, 0.15) is 19.3 Å². The van der Waals surface area contributed by atoms with Crippen LogP contribution >= 0.6 is 0 Å². The van der Waals surface area contributed by atoms with Crippen molar-refractivity contribution in [2.24, 2.45) is 5.92 Å². The SMILES string of the molecule is CN(C)C(=O)C1CCCC1O. The van der Waals surface area contributed by atoms with E-state index in [2.05, 4.69) is 0 Å². The monoisotopic (exact) mass is 157 g/mol. The van der Waals surface area contributed by atoms with E-state index in [1.165, 1.54) is 0 Å². The summed E-state index contributed by atoms with van der Waals surface area (Å²) < 4.78 is 0. The van der Waals surface area contributed by atoms with Gasteiger partial charge in [-0.1, -0.05) is 0 Å². The molecule has 2 atom stereocenters. The van der Waals surface area contributed by atoms with Gasteiger partial charge in [-0.25, -0.2) is 0 Å².